The van der Waals surface area contributed by atoms with Gasteiger partial charge in [0, 0.05) is 25.9 Å². The molecule has 132 valence electrons. The molecule has 2 amide bonds. The fraction of sp³-hybridized carbons (Fsp3) is 0.750. The van der Waals surface area contributed by atoms with Crippen LogP contribution >= 0.6 is 0 Å². The maximum absolute atomic E-state index is 12.5. The number of hydrogen-bond donors (Lipinski definition) is 0. The molecule has 3 heterocycles. The van der Waals surface area contributed by atoms with Crippen LogP contribution < -0.4 is 0 Å². The summed E-state index contributed by atoms with van der Waals surface area (Å²) < 4.78 is 10.1. The van der Waals surface area contributed by atoms with E-state index in [0.29, 0.717) is 25.6 Å². The van der Waals surface area contributed by atoms with Crippen LogP contribution in [-0.4, -0.2) is 64.2 Å². The minimum atomic E-state index is -0.390. The number of carbonyl (C=O) groups is 2. The molecule has 2 aliphatic heterocycles. The number of rotatable bonds is 4. The van der Waals surface area contributed by atoms with Crippen LogP contribution in [0.5, 0.6) is 0 Å². The van der Waals surface area contributed by atoms with Crippen molar-refractivity contribution in [2.24, 2.45) is 5.92 Å². The molecular weight excluding hydrogens is 312 g/mol. The normalized spacial score (nSPS) is 22.3. The molecule has 0 radical (unpaired) electrons. The van der Waals surface area contributed by atoms with Crippen LogP contribution in [0.15, 0.2) is 4.52 Å². The highest BCUT2D eigenvalue weighted by atomic mass is 16.6. The topological polar surface area (TPSA) is 88.8 Å². The second kappa shape index (κ2) is 6.78. The number of carbonyl (C=O) groups excluding carboxylic acids is 2. The number of amides is 2. The number of aryl methyl sites for hydroxylation is 1. The van der Waals surface area contributed by atoms with Crippen molar-refractivity contribution in [1.82, 2.24) is 19.9 Å². The van der Waals surface area contributed by atoms with Crippen molar-refractivity contribution < 1.29 is 18.8 Å². The van der Waals surface area contributed by atoms with Crippen molar-refractivity contribution in [2.75, 3.05) is 26.2 Å². The first-order valence-corrected chi connectivity index (χ1v) is 8.47. The highest BCUT2D eigenvalue weighted by Crippen LogP contribution is 2.26. The number of piperidine rings is 1. The van der Waals surface area contributed by atoms with E-state index in [1.165, 1.54) is 0 Å². The van der Waals surface area contributed by atoms with Gasteiger partial charge in [-0.3, -0.25) is 9.69 Å². The number of aromatic nitrogens is 2. The summed E-state index contributed by atoms with van der Waals surface area (Å²) in [6, 6.07) is -0.0266. The average molecular weight is 336 g/mol. The molecule has 1 aromatic rings. The first-order valence-electron chi connectivity index (χ1n) is 8.47. The molecule has 3 rings (SSSR count). The van der Waals surface area contributed by atoms with Gasteiger partial charge in [0.2, 0.25) is 11.8 Å². The van der Waals surface area contributed by atoms with Crippen molar-refractivity contribution >= 4 is 12.0 Å². The van der Waals surface area contributed by atoms with E-state index in [9.17, 15) is 9.59 Å². The number of nitrogens with zero attached hydrogens (tertiary/aromatic N) is 4. The number of likely N-dealkylation sites (tertiary alicyclic amines) is 1. The summed E-state index contributed by atoms with van der Waals surface area (Å²) in [7, 11) is 0. The largest absolute Gasteiger partial charge is 0.447 e. The van der Waals surface area contributed by atoms with Gasteiger partial charge in [-0.05, 0) is 18.8 Å². The first kappa shape index (κ1) is 16.7. The molecule has 2 fully saturated rings. The zero-order valence-corrected chi connectivity index (χ0v) is 14.4. The fourth-order valence-corrected chi connectivity index (χ4v) is 3.31. The zero-order chi connectivity index (χ0) is 17.3. The average Bonchev–Trinajstić information content (AvgIpc) is 3.14. The van der Waals surface area contributed by atoms with Crippen LogP contribution in [0.2, 0.25) is 0 Å². The van der Waals surface area contributed by atoms with E-state index in [4.69, 9.17) is 9.26 Å². The Bertz CT molecular complexity index is 607. The molecule has 0 spiro atoms. The Hall–Kier alpha value is -2.12. The number of cyclic esters (lactones) is 1. The van der Waals surface area contributed by atoms with Gasteiger partial charge in [0.05, 0.1) is 6.04 Å². The maximum Gasteiger partial charge on any atom is 0.410 e. The minimum Gasteiger partial charge on any atom is -0.447 e. The molecule has 0 aromatic carbocycles. The van der Waals surface area contributed by atoms with Gasteiger partial charge in [0.25, 0.3) is 0 Å². The van der Waals surface area contributed by atoms with Crippen LogP contribution in [0.25, 0.3) is 0 Å². The lowest BCUT2D eigenvalue weighted by molar-refractivity contribution is -0.133. The summed E-state index contributed by atoms with van der Waals surface area (Å²) in [5.41, 5.74) is 0. The summed E-state index contributed by atoms with van der Waals surface area (Å²) in [6.45, 7) is 7.58. The van der Waals surface area contributed by atoms with E-state index in [0.717, 1.165) is 18.7 Å². The Kier molecular flexibility index (Phi) is 4.73. The third-order valence-corrected chi connectivity index (χ3v) is 4.84. The van der Waals surface area contributed by atoms with Crippen LogP contribution in [0.3, 0.4) is 0 Å². The SMILES string of the molecule is Cc1nc(C2CCN(C(=O)CN3C(=O)OC[C@@H]3C(C)C)CC2)no1. The van der Waals surface area contributed by atoms with Crippen LogP contribution in [0.4, 0.5) is 4.79 Å². The van der Waals surface area contributed by atoms with Crippen LogP contribution in [0, 0.1) is 12.8 Å². The van der Waals surface area contributed by atoms with Crippen LogP contribution in [-0.2, 0) is 9.53 Å². The predicted molar refractivity (Wildman–Crippen MR) is 84.3 cm³/mol. The molecule has 0 N–H and O–H groups in total. The molecule has 0 saturated carbocycles. The van der Waals surface area contributed by atoms with Gasteiger partial charge in [0.15, 0.2) is 5.82 Å². The van der Waals surface area contributed by atoms with E-state index in [2.05, 4.69) is 10.1 Å². The van der Waals surface area contributed by atoms with Gasteiger partial charge in [0.1, 0.15) is 13.2 Å². The molecule has 2 saturated heterocycles. The Morgan fingerprint density at radius 1 is 1.33 bits per heavy atom. The van der Waals surface area contributed by atoms with E-state index in [1.807, 2.05) is 18.7 Å². The van der Waals surface area contributed by atoms with Gasteiger partial charge in [-0.25, -0.2) is 4.79 Å². The van der Waals surface area contributed by atoms with Crippen LogP contribution in [0.1, 0.15) is 44.3 Å². The van der Waals surface area contributed by atoms with E-state index >= 15 is 0 Å². The Labute approximate surface area is 141 Å². The standard InChI is InChI=1S/C16H24N4O4/c1-10(2)13-9-23-16(22)20(13)8-14(21)19-6-4-12(5-7-19)15-17-11(3)24-18-15/h10,12-13H,4-9H2,1-3H3/t13-/m1/s1. The van der Waals surface area contributed by atoms with E-state index < -0.39 is 0 Å². The molecule has 0 bridgehead atoms. The zero-order valence-electron chi connectivity index (χ0n) is 14.4. The van der Waals surface area contributed by atoms with Crippen molar-refractivity contribution in [3.05, 3.63) is 11.7 Å². The lowest BCUT2D eigenvalue weighted by Gasteiger charge is -2.32. The summed E-state index contributed by atoms with van der Waals surface area (Å²) in [5.74, 6) is 1.75. The fourth-order valence-electron chi connectivity index (χ4n) is 3.31. The molecule has 2 aliphatic rings. The van der Waals surface area contributed by atoms with Gasteiger partial charge >= 0.3 is 6.09 Å². The summed E-state index contributed by atoms with van der Waals surface area (Å²) >= 11 is 0. The third kappa shape index (κ3) is 3.37. The predicted octanol–water partition coefficient (Wildman–Crippen LogP) is 1.56. The van der Waals surface area contributed by atoms with Crippen molar-refractivity contribution in [3.8, 4) is 0 Å². The number of hydrogen-bond acceptors (Lipinski definition) is 6. The molecule has 24 heavy (non-hydrogen) atoms. The Morgan fingerprint density at radius 2 is 2.04 bits per heavy atom. The van der Waals surface area contributed by atoms with Gasteiger partial charge in [-0.1, -0.05) is 19.0 Å². The summed E-state index contributed by atoms with van der Waals surface area (Å²) in [5, 5.41) is 3.97. The molecule has 1 atom stereocenters. The van der Waals surface area contributed by atoms with E-state index in [1.54, 1.807) is 11.8 Å². The van der Waals surface area contributed by atoms with Crippen molar-refractivity contribution in [1.29, 1.82) is 0 Å². The van der Waals surface area contributed by atoms with Gasteiger partial charge in [-0.15, -0.1) is 0 Å². The Balaban J connectivity index is 1.54. The second-order valence-electron chi connectivity index (χ2n) is 6.84. The summed E-state index contributed by atoms with van der Waals surface area (Å²) in [4.78, 5) is 32.0. The lowest BCUT2D eigenvalue weighted by atomic mass is 9.96. The summed E-state index contributed by atoms with van der Waals surface area (Å²) in [6.07, 6.45) is 1.23. The highest BCUT2D eigenvalue weighted by Gasteiger charge is 2.37. The molecule has 0 aliphatic carbocycles. The maximum atomic E-state index is 12.5. The third-order valence-electron chi connectivity index (χ3n) is 4.84. The lowest BCUT2D eigenvalue weighted by Crippen LogP contribution is -2.47. The highest BCUT2D eigenvalue weighted by molar-refractivity contribution is 5.83. The van der Waals surface area contributed by atoms with E-state index in [-0.39, 0.29) is 36.4 Å². The molecule has 0 unspecified atom stereocenters. The monoisotopic (exact) mass is 336 g/mol. The van der Waals surface area contributed by atoms with Gasteiger partial charge < -0.3 is 14.2 Å². The molecule has 8 nitrogen and oxygen atoms in total. The second-order valence-corrected chi connectivity index (χ2v) is 6.84. The minimum absolute atomic E-state index is 0.0257. The van der Waals surface area contributed by atoms with Gasteiger partial charge in [-0.2, -0.15) is 4.98 Å². The Morgan fingerprint density at radius 3 is 2.62 bits per heavy atom. The first-order chi connectivity index (χ1) is 11.5. The van der Waals surface area contributed by atoms with Crippen molar-refractivity contribution in [3.63, 3.8) is 0 Å². The number of ether oxygens (including phenoxy) is 1. The smallest absolute Gasteiger partial charge is 0.410 e. The molecular formula is C16H24N4O4. The quantitative estimate of drug-likeness (QED) is 0.829. The molecule has 8 heteroatoms. The molecule has 1 aromatic heterocycles. The van der Waals surface area contributed by atoms with Crippen molar-refractivity contribution in [2.45, 2.75) is 45.6 Å².